The second kappa shape index (κ2) is 8.24. The third-order valence-corrected chi connectivity index (χ3v) is 5.12. The fourth-order valence-corrected chi connectivity index (χ4v) is 3.66. The van der Waals surface area contributed by atoms with Gasteiger partial charge in [-0.25, -0.2) is 0 Å². The number of fused-ring (bicyclic) bond motifs is 1. The van der Waals surface area contributed by atoms with Gasteiger partial charge in [-0.15, -0.1) is 0 Å². The van der Waals surface area contributed by atoms with Crippen molar-refractivity contribution in [3.05, 3.63) is 72.8 Å². The summed E-state index contributed by atoms with van der Waals surface area (Å²) in [7, 11) is 0. The summed E-state index contributed by atoms with van der Waals surface area (Å²) in [6.45, 7) is 6.34. The van der Waals surface area contributed by atoms with Crippen LogP contribution in [0.15, 0.2) is 72.8 Å². The number of benzene rings is 3. The molecule has 1 heterocycles. The molecule has 4 rings (SSSR count). The molecule has 0 radical (unpaired) electrons. The van der Waals surface area contributed by atoms with E-state index < -0.39 is 0 Å². The fourth-order valence-electron chi connectivity index (χ4n) is 3.66. The van der Waals surface area contributed by atoms with Crippen molar-refractivity contribution in [2.24, 2.45) is 0 Å². The van der Waals surface area contributed by atoms with Crippen molar-refractivity contribution in [3.8, 4) is 5.75 Å². The highest BCUT2D eigenvalue weighted by Gasteiger charge is 2.16. The lowest BCUT2D eigenvalue weighted by Crippen LogP contribution is -2.46. The Morgan fingerprint density at radius 1 is 0.731 bits per heavy atom. The molecule has 1 aliphatic rings. The molecule has 1 saturated heterocycles. The largest absolute Gasteiger partial charge is 0.493 e. The molecule has 26 heavy (non-hydrogen) atoms. The van der Waals surface area contributed by atoms with Crippen molar-refractivity contribution in [3.63, 3.8) is 0 Å². The van der Waals surface area contributed by atoms with E-state index in [4.69, 9.17) is 4.74 Å². The van der Waals surface area contributed by atoms with E-state index in [-0.39, 0.29) is 0 Å². The summed E-state index contributed by atoms with van der Waals surface area (Å²) in [5, 5.41) is 2.44. The minimum Gasteiger partial charge on any atom is -0.493 e. The molecule has 0 aliphatic carbocycles. The summed E-state index contributed by atoms with van der Waals surface area (Å²) in [5.41, 5.74) is 1.34. The molecule has 0 aromatic heterocycles. The first-order chi connectivity index (χ1) is 12.9. The minimum absolute atomic E-state index is 0.771. The molecule has 0 atom stereocenters. The van der Waals surface area contributed by atoms with E-state index in [2.05, 4.69) is 82.6 Å². The molecule has 3 heteroatoms. The highest BCUT2D eigenvalue weighted by molar-refractivity contribution is 5.88. The molecule has 0 saturated carbocycles. The van der Waals surface area contributed by atoms with Gasteiger partial charge in [-0.3, -0.25) is 4.90 Å². The monoisotopic (exact) mass is 346 g/mol. The van der Waals surface area contributed by atoms with E-state index in [9.17, 15) is 0 Å². The highest BCUT2D eigenvalue weighted by Crippen LogP contribution is 2.25. The Bertz CT molecular complexity index is 820. The van der Waals surface area contributed by atoms with Gasteiger partial charge in [0.2, 0.25) is 0 Å². The zero-order valence-corrected chi connectivity index (χ0v) is 15.2. The first kappa shape index (κ1) is 16.9. The molecular weight excluding hydrogens is 320 g/mol. The smallest absolute Gasteiger partial charge is 0.127 e. The normalized spacial score (nSPS) is 15.3. The number of para-hydroxylation sites is 1. The SMILES string of the molecule is c1ccc(N2CCN(CCCOc3cccc4ccccc34)CC2)cc1. The van der Waals surface area contributed by atoms with Crippen molar-refractivity contribution in [1.82, 2.24) is 4.90 Å². The Balaban J connectivity index is 1.22. The van der Waals surface area contributed by atoms with Crippen LogP contribution in [0, 0.1) is 0 Å². The average Bonchev–Trinajstić information content (AvgIpc) is 2.72. The first-order valence-corrected chi connectivity index (χ1v) is 9.53. The van der Waals surface area contributed by atoms with E-state index in [1.165, 1.54) is 16.5 Å². The second-order valence-corrected chi connectivity index (χ2v) is 6.84. The maximum atomic E-state index is 6.06. The van der Waals surface area contributed by atoms with Crippen molar-refractivity contribution < 1.29 is 4.74 Å². The summed E-state index contributed by atoms with van der Waals surface area (Å²) in [5.74, 6) is 0.997. The van der Waals surface area contributed by atoms with Gasteiger partial charge in [0.1, 0.15) is 5.75 Å². The van der Waals surface area contributed by atoms with Crippen LogP contribution in [0.1, 0.15) is 6.42 Å². The third kappa shape index (κ3) is 4.00. The van der Waals surface area contributed by atoms with Gasteiger partial charge in [0.05, 0.1) is 6.61 Å². The average molecular weight is 346 g/mol. The fraction of sp³-hybridized carbons (Fsp3) is 0.304. The predicted octanol–water partition coefficient (Wildman–Crippen LogP) is 4.43. The van der Waals surface area contributed by atoms with Gasteiger partial charge < -0.3 is 9.64 Å². The summed E-state index contributed by atoms with van der Waals surface area (Å²) in [6.07, 6.45) is 1.06. The topological polar surface area (TPSA) is 15.7 Å². The zero-order valence-electron chi connectivity index (χ0n) is 15.2. The predicted molar refractivity (Wildman–Crippen MR) is 109 cm³/mol. The molecule has 0 bridgehead atoms. The van der Waals surface area contributed by atoms with Crippen LogP contribution in [0.5, 0.6) is 5.75 Å². The molecule has 3 aromatic carbocycles. The van der Waals surface area contributed by atoms with Gasteiger partial charge in [-0.2, -0.15) is 0 Å². The maximum Gasteiger partial charge on any atom is 0.127 e. The van der Waals surface area contributed by atoms with Crippen LogP contribution in [0.4, 0.5) is 5.69 Å². The van der Waals surface area contributed by atoms with Gasteiger partial charge in [0.25, 0.3) is 0 Å². The molecule has 0 N–H and O–H groups in total. The van der Waals surface area contributed by atoms with Crippen LogP contribution in [0.2, 0.25) is 0 Å². The van der Waals surface area contributed by atoms with Crippen molar-refractivity contribution in [2.75, 3.05) is 44.2 Å². The number of anilines is 1. The molecule has 3 aromatic rings. The number of hydrogen-bond donors (Lipinski definition) is 0. The van der Waals surface area contributed by atoms with Crippen molar-refractivity contribution >= 4 is 16.5 Å². The summed E-state index contributed by atoms with van der Waals surface area (Å²) >= 11 is 0. The minimum atomic E-state index is 0.771. The number of rotatable bonds is 6. The number of piperazine rings is 1. The van der Waals surface area contributed by atoms with E-state index in [1.54, 1.807) is 0 Å². The lowest BCUT2D eigenvalue weighted by molar-refractivity contribution is 0.225. The molecule has 0 spiro atoms. The Labute approximate surface area is 155 Å². The number of nitrogens with zero attached hydrogens (tertiary/aromatic N) is 2. The number of ether oxygens (including phenoxy) is 1. The van der Waals surface area contributed by atoms with E-state index in [0.717, 1.165) is 51.5 Å². The molecule has 3 nitrogen and oxygen atoms in total. The first-order valence-electron chi connectivity index (χ1n) is 9.53. The summed E-state index contributed by atoms with van der Waals surface area (Å²) in [6, 6.07) is 25.4. The lowest BCUT2D eigenvalue weighted by atomic mass is 10.1. The van der Waals surface area contributed by atoms with E-state index in [1.807, 2.05) is 0 Å². The molecule has 0 unspecified atom stereocenters. The highest BCUT2D eigenvalue weighted by atomic mass is 16.5. The Morgan fingerprint density at radius 3 is 2.31 bits per heavy atom. The molecule has 0 amide bonds. The van der Waals surface area contributed by atoms with Gasteiger partial charge in [0.15, 0.2) is 0 Å². The van der Waals surface area contributed by atoms with Gasteiger partial charge in [-0.05, 0) is 30.0 Å². The third-order valence-electron chi connectivity index (χ3n) is 5.12. The van der Waals surface area contributed by atoms with Gasteiger partial charge in [-0.1, -0.05) is 54.6 Å². The number of hydrogen-bond acceptors (Lipinski definition) is 3. The lowest BCUT2D eigenvalue weighted by Gasteiger charge is -2.36. The van der Waals surface area contributed by atoms with Gasteiger partial charge in [0, 0.05) is 43.8 Å². The van der Waals surface area contributed by atoms with Crippen LogP contribution in [0.25, 0.3) is 10.8 Å². The van der Waals surface area contributed by atoms with Crippen LogP contribution >= 0.6 is 0 Å². The molecule has 1 fully saturated rings. The maximum absolute atomic E-state index is 6.06. The van der Waals surface area contributed by atoms with E-state index >= 15 is 0 Å². The second-order valence-electron chi connectivity index (χ2n) is 6.84. The Kier molecular flexibility index (Phi) is 5.36. The van der Waals surface area contributed by atoms with Gasteiger partial charge >= 0.3 is 0 Å². The Hall–Kier alpha value is -2.52. The van der Waals surface area contributed by atoms with Crippen molar-refractivity contribution in [2.45, 2.75) is 6.42 Å². The molecule has 1 aliphatic heterocycles. The van der Waals surface area contributed by atoms with Crippen LogP contribution < -0.4 is 9.64 Å². The summed E-state index contributed by atoms with van der Waals surface area (Å²) in [4.78, 5) is 5.02. The van der Waals surface area contributed by atoms with Crippen LogP contribution in [0.3, 0.4) is 0 Å². The standard InChI is InChI=1S/C23H26N2O/c1-2-10-21(11-3-1)25-17-15-24(16-18-25)14-7-19-26-23-13-6-9-20-8-4-5-12-22(20)23/h1-6,8-13H,7,14-19H2. The Morgan fingerprint density at radius 2 is 1.46 bits per heavy atom. The molecular formula is C23H26N2O. The van der Waals surface area contributed by atoms with E-state index in [0.29, 0.717) is 0 Å². The zero-order chi connectivity index (χ0) is 17.6. The molecule has 134 valence electrons. The quantitative estimate of drug-likeness (QED) is 0.614. The van der Waals surface area contributed by atoms with Crippen LogP contribution in [-0.2, 0) is 0 Å². The van der Waals surface area contributed by atoms with Crippen molar-refractivity contribution in [1.29, 1.82) is 0 Å². The van der Waals surface area contributed by atoms with Crippen LogP contribution in [-0.4, -0.2) is 44.2 Å². The summed E-state index contributed by atoms with van der Waals surface area (Å²) < 4.78 is 6.06.